The van der Waals surface area contributed by atoms with Gasteiger partial charge in [0.25, 0.3) is 0 Å². The summed E-state index contributed by atoms with van der Waals surface area (Å²) in [5, 5.41) is 5.54. The van der Waals surface area contributed by atoms with Crippen molar-refractivity contribution >= 4 is 17.6 Å². The van der Waals surface area contributed by atoms with E-state index in [1.165, 1.54) is 6.07 Å². The number of benzene rings is 1. The molecular weight excluding hydrogens is 231 g/mol. The lowest BCUT2D eigenvalue weighted by atomic mass is 10.2. The molecule has 0 aromatic heterocycles. The molecule has 2 N–H and O–H groups in total. The third-order valence-electron chi connectivity index (χ3n) is 1.87. The molecule has 0 fully saturated rings. The van der Waals surface area contributed by atoms with E-state index in [1.807, 2.05) is 13.8 Å². The zero-order valence-electron chi connectivity index (χ0n) is 9.18. The molecule has 0 unspecified atom stereocenters. The van der Waals surface area contributed by atoms with Crippen molar-refractivity contribution in [2.75, 3.05) is 0 Å². The molecule has 0 atom stereocenters. The summed E-state index contributed by atoms with van der Waals surface area (Å²) in [4.78, 5) is 11.2. The summed E-state index contributed by atoms with van der Waals surface area (Å²) in [5.74, 6) is -0.419. The molecule has 0 saturated heterocycles. The van der Waals surface area contributed by atoms with Crippen molar-refractivity contribution in [2.24, 2.45) is 0 Å². The standard InChI is InChI=1S/C11H14ClFN2O/c1-7(2)15-11(16)14-6-8-3-4-9(12)5-10(8)13/h3-5,7H,6H2,1-2H3,(H2,14,15,16). The fourth-order valence-corrected chi connectivity index (χ4v) is 1.31. The van der Waals surface area contributed by atoms with Gasteiger partial charge in [0.2, 0.25) is 0 Å². The average molecular weight is 245 g/mol. The van der Waals surface area contributed by atoms with Gasteiger partial charge in [-0.15, -0.1) is 0 Å². The van der Waals surface area contributed by atoms with Gasteiger partial charge >= 0.3 is 6.03 Å². The molecule has 1 rings (SSSR count). The molecule has 0 heterocycles. The molecule has 1 aromatic rings. The molecule has 0 aliphatic rings. The van der Waals surface area contributed by atoms with Crippen molar-refractivity contribution in [1.82, 2.24) is 10.6 Å². The minimum atomic E-state index is -0.419. The van der Waals surface area contributed by atoms with E-state index in [-0.39, 0.29) is 18.6 Å². The molecule has 0 saturated carbocycles. The smallest absolute Gasteiger partial charge is 0.315 e. The monoisotopic (exact) mass is 244 g/mol. The van der Waals surface area contributed by atoms with Gasteiger partial charge in [-0.05, 0) is 26.0 Å². The maximum atomic E-state index is 13.3. The van der Waals surface area contributed by atoms with Gasteiger partial charge in [0.05, 0.1) is 0 Å². The van der Waals surface area contributed by atoms with Crippen LogP contribution >= 0.6 is 11.6 Å². The van der Waals surface area contributed by atoms with Crippen molar-refractivity contribution in [3.8, 4) is 0 Å². The molecule has 3 nitrogen and oxygen atoms in total. The Balaban J connectivity index is 2.51. The third kappa shape index (κ3) is 4.06. The highest BCUT2D eigenvalue weighted by atomic mass is 35.5. The first-order chi connectivity index (χ1) is 7.49. The zero-order valence-corrected chi connectivity index (χ0v) is 9.94. The van der Waals surface area contributed by atoms with Crippen LogP contribution in [0.15, 0.2) is 18.2 Å². The van der Waals surface area contributed by atoms with Crippen LogP contribution < -0.4 is 10.6 Å². The molecule has 2 amide bonds. The number of carbonyl (C=O) groups is 1. The molecule has 0 aliphatic carbocycles. The fraction of sp³-hybridized carbons (Fsp3) is 0.364. The summed E-state index contributed by atoms with van der Waals surface area (Å²) in [7, 11) is 0. The second-order valence-electron chi connectivity index (χ2n) is 3.72. The van der Waals surface area contributed by atoms with Gasteiger partial charge < -0.3 is 10.6 Å². The Kier molecular flexibility index (Phi) is 4.55. The second kappa shape index (κ2) is 5.70. The third-order valence-corrected chi connectivity index (χ3v) is 2.11. The number of halogens is 2. The Hall–Kier alpha value is -1.29. The van der Waals surface area contributed by atoms with Crippen LogP contribution in [0, 0.1) is 5.82 Å². The lowest BCUT2D eigenvalue weighted by Gasteiger charge is -2.10. The van der Waals surface area contributed by atoms with E-state index in [4.69, 9.17) is 11.6 Å². The van der Waals surface area contributed by atoms with Gasteiger partial charge in [-0.3, -0.25) is 0 Å². The van der Waals surface area contributed by atoms with Crippen LogP contribution in [0.2, 0.25) is 5.02 Å². The van der Waals surface area contributed by atoms with Crippen molar-refractivity contribution in [3.05, 3.63) is 34.6 Å². The van der Waals surface area contributed by atoms with E-state index in [2.05, 4.69) is 10.6 Å². The van der Waals surface area contributed by atoms with E-state index in [0.29, 0.717) is 10.6 Å². The molecule has 1 aromatic carbocycles. The molecular formula is C11H14ClFN2O. The first kappa shape index (κ1) is 12.8. The number of amides is 2. The Labute approximate surface area is 99.0 Å². The Morgan fingerprint density at radius 1 is 1.50 bits per heavy atom. The first-order valence-corrected chi connectivity index (χ1v) is 5.35. The van der Waals surface area contributed by atoms with E-state index < -0.39 is 5.82 Å². The van der Waals surface area contributed by atoms with Crippen LogP contribution in [0.4, 0.5) is 9.18 Å². The van der Waals surface area contributed by atoms with Crippen LogP contribution in [0.1, 0.15) is 19.4 Å². The molecule has 0 aliphatic heterocycles. The van der Waals surface area contributed by atoms with Crippen LogP contribution in [-0.2, 0) is 6.54 Å². The molecule has 88 valence electrons. The topological polar surface area (TPSA) is 41.1 Å². The Bertz CT molecular complexity index is 382. The number of nitrogens with one attached hydrogen (secondary N) is 2. The number of rotatable bonds is 3. The Morgan fingerprint density at radius 3 is 2.75 bits per heavy atom. The highest BCUT2D eigenvalue weighted by molar-refractivity contribution is 6.30. The molecule has 0 radical (unpaired) electrons. The number of hydrogen-bond donors (Lipinski definition) is 2. The van der Waals surface area contributed by atoms with Crippen LogP contribution in [0.3, 0.4) is 0 Å². The molecule has 5 heteroatoms. The van der Waals surface area contributed by atoms with Gasteiger partial charge in [0.1, 0.15) is 5.82 Å². The van der Waals surface area contributed by atoms with Crippen molar-refractivity contribution in [3.63, 3.8) is 0 Å². The Morgan fingerprint density at radius 2 is 2.19 bits per heavy atom. The quantitative estimate of drug-likeness (QED) is 0.843. The van der Waals surface area contributed by atoms with E-state index in [9.17, 15) is 9.18 Å². The van der Waals surface area contributed by atoms with Gasteiger partial charge in [0, 0.05) is 23.2 Å². The summed E-state index contributed by atoms with van der Waals surface area (Å²) in [5.41, 5.74) is 0.406. The number of urea groups is 1. The largest absolute Gasteiger partial charge is 0.336 e. The maximum Gasteiger partial charge on any atom is 0.315 e. The normalized spacial score (nSPS) is 10.3. The SMILES string of the molecule is CC(C)NC(=O)NCc1ccc(Cl)cc1F. The predicted molar refractivity (Wildman–Crippen MR) is 61.9 cm³/mol. The lowest BCUT2D eigenvalue weighted by Crippen LogP contribution is -2.39. The van der Waals surface area contributed by atoms with Gasteiger partial charge in [0.15, 0.2) is 0 Å². The average Bonchev–Trinajstić information content (AvgIpc) is 2.15. The van der Waals surface area contributed by atoms with Gasteiger partial charge in [-0.2, -0.15) is 0 Å². The fourth-order valence-electron chi connectivity index (χ4n) is 1.15. The minimum absolute atomic E-state index is 0.0510. The summed E-state index contributed by atoms with van der Waals surface area (Å²) in [6.07, 6.45) is 0. The predicted octanol–water partition coefficient (Wildman–Crippen LogP) is 2.69. The minimum Gasteiger partial charge on any atom is -0.336 e. The highest BCUT2D eigenvalue weighted by Crippen LogP contribution is 2.14. The molecule has 0 spiro atoms. The summed E-state index contributed by atoms with van der Waals surface area (Å²) in [6, 6.07) is 4.09. The summed E-state index contributed by atoms with van der Waals surface area (Å²) in [6.45, 7) is 3.84. The molecule has 0 bridgehead atoms. The van der Waals surface area contributed by atoms with E-state index in [1.54, 1.807) is 12.1 Å². The number of hydrogen-bond acceptors (Lipinski definition) is 1. The lowest BCUT2D eigenvalue weighted by molar-refractivity contribution is 0.238. The zero-order chi connectivity index (χ0) is 12.1. The van der Waals surface area contributed by atoms with Crippen molar-refractivity contribution in [2.45, 2.75) is 26.4 Å². The van der Waals surface area contributed by atoms with Crippen LogP contribution in [0.5, 0.6) is 0 Å². The van der Waals surface area contributed by atoms with Gasteiger partial charge in [-0.25, -0.2) is 9.18 Å². The van der Waals surface area contributed by atoms with Crippen molar-refractivity contribution < 1.29 is 9.18 Å². The second-order valence-corrected chi connectivity index (χ2v) is 4.15. The summed E-state index contributed by atoms with van der Waals surface area (Å²) >= 11 is 5.61. The van der Waals surface area contributed by atoms with E-state index in [0.717, 1.165) is 0 Å². The summed E-state index contributed by atoms with van der Waals surface area (Å²) < 4.78 is 13.3. The highest BCUT2D eigenvalue weighted by Gasteiger charge is 2.05. The molecule has 16 heavy (non-hydrogen) atoms. The number of carbonyl (C=O) groups excluding carboxylic acids is 1. The van der Waals surface area contributed by atoms with E-state index >= 15 is 0 Å². The first-order valence-electron chi connectivity index (χ1n) is 4.97. The van der Waals surface area contributed by atoms with Crippen LogP contribution in [-0.4, -0.2) is 12.1 Å². The van der Waals surface area contributed by atoms with Gasteiger partial charge in [-0.1, -0.05) is 17.7 Å². The van der Waals surface area contributed by atoms with Crippen molar-refractivity contribution in [1.29, 1.82) is 0 Å². The van der Waals surface area contributed by atoms with Crippen LogP contribution in [0.25, 0.3) is 0 Å². The maximum absolute atomic E-state index is 13.3.